The van der Waals surface area contributed by atoms with E-state index in [0.717, 1.165) is 13.1 Å². The zero-order valence-corrected chi connectivity index (χ0v) is 5.64. The molecule has 0 unspecified atom stereocenters. The maximum atomic E-state index is 8.91. The average molecular weight is 127 g/mol. The normalized spacial score (nSPS) is 19.8. The molecule has 0 aromatic rings. The Morgan fingerprint density at radius 2 is 1.78 bits per heavy atom. The fourth-order valence-corrected chi connectivity index (χ4v) is 1.15. The second-order valence-corrected chi connectivity index (χ2v) is 2.46. The molecule has 1 aliphatic rings. The van der Waals surface area contributed by atoms with Gasteiger partial charge in [0, 0.05) is 13.1 Å². The predicted molar refractivity (Wildman–Crippen MR) is 37.2 cm³/mol. The van der Waals surface area contributed by atoms with Gasteiger partial charge in [-0.1, -0.05) is 0 Å². The molecule has 1 rings (SSSR count). The van der Waals surface area contributed by atoms with E-state index in [0.29, 0.717) is 0 Å². The molecule has 0 spiro atoms. The van der Waals surface area contributed by atoms with E-state index in [-0.39, 0.29) is 5.88 Å². The molecule has 0 aromatic carbocycles. The highest BCUT2D eigenvalue weighted by Crippen LogP contribution is 2.10. The van der Waals surface area contributed by atoms with Crippen molar-refractivity contribution in [3.05, 3.63) is 12.5 Å². The van der Waals surface area contributed by atoms with Gasteiger partial charge in [-0.2, -0.15) is 0 Å². The number of piperidine rings is 1. The monoisotopic (exact) mass is 127 g/mol. The van der Waals surface area contributed by atoms with Crippen LogP contribution >= 0.6 is 0 Å². The van der Waals surface area contributed by atoms with Gasteiger partial charge in [-0.05, 0) is 25.8 Å². The minimum absolute atomic E-state index is 0.231. The fraction of sp³-hybridized carbons (Fsp3) is 0.714. The van der Waals surface area contributed by atoms with Crippen LogP contribution < -0.4 is 0 Å². The second kappa shape index (κ2) is 2.76. The van der Waals surface area contributed by atoms with Crippen molar-refractivity contribution in [1.82, 2.24) is 4.90 Å². The Morgan fingerprint density at radius 3 is 2.11 bits per heavy atom. The zero-order valence-electron chi connectivity index (χ0n) is 5.64. The number of aliphatic hydroxyl groups excluding tert-OH is 1. The molecule has 0 aliphatic carbocycles. The number of hydrogen-bond acceptors (Lipinski definition) is 2. The lowest BCUT2D eigenvalue weighted by molar-refractivity contribution is 0.177. The first kappa shape index (κ1) is 6.46. The molecule has 1 saturated heterocycles. The number of rotatable bonds is 1. The van der Waals surface area contributed by atoms with Gasteiger partial charge in [0.25, 0.3) is 0 Å². The summed E-state index contributed by atoms with van der Waals surface area (Å²) >= 11 is 0. The molecule has 0 atom stereocenters. The van der Waals surface area contributed by atoms with Crippen molar-refractivity contribution >= 4 is 0 Å². The van der Waals surface area contributed by atoms with Gasteiger partial charge < -0.3 is 10.0 Å². The van der Waals surface area contributed by atoms with Gasteiger partial charge in [-0.3, -0.25) is 0 Å². The summed E-state index contributed by atoms with van der Waals surface area (Å²) in [5.74, 6) is 0.231. The van der Waals surface area contributed by atoms with Crippen LogP contribution in [0.3, 0.4) is 0 Å². The van der Waals surface area contributed by atoms with Crippen molar-refractivity contribution in [2.45, 2.75) is 19.3 Å². The van der Waals surface area contributed by atoms with Crippen molar-refractivity contribution in [3.63, 3.8) is 0 Å². The van der Waals surface area contributed by atoms with Crippen LogP contribution in [0.25, 0.3) is 0 Å². The number of nitrogens with zero attached hydrogens (tertiary/aromatic N) is 1. The summed E-state index contributed by atoms with van der Waals surface area (Å²) in [7, 11) is 0. The molecule has 0 radical (unpaired) electrons. The SMILES string of the molecule is C=C(O)N1CCCCC1. The zero-order chi connectivity index (χ0) is 6.69. The fourth-order valence-electron chi connectivity index (χ4n) is 1.15. The van der Waals surface area contributed by atoms with Crippen LogP contribution in [-0.2, 0) is 0 Å². The smallest absolute Gasteiger partial charge is 0.179 e. The standard InChI is InChI=1S/C7H13NO/c1-7(9)8-5-3-2-4-6-8/h9H,1-6H2. The van der Waals surface area contributed by atoms with Gasteiger partial charge in [0.1, 0.15) is 0 Å². The largest absolute Gasteiger partial charge is 0.495 e. The lowest BCUT2D eigenvalue weighted by atomic mass is 10.1. The van der Waals surface area contributed by atoms with E-state index in [1.807, 2.05) is 4.90 Å². The first-order valence-corrected chi connectivity index (χ1v) is 3.43. The maximum absolute atomic E-state index is 8.91. The van der Waals surface area contributed by atoms with Crippen LogP contribution in [0.15, 0.2) is 12.5 Å². The number of hydrogen-bond donors (Lipinski definition) is 1. The Balaban J connectivity index is 2.31. The topological polar surface area (TPSA) is 23.5 Å². The van der Waals surface area contributed by atoms with Gasteiger partial charge >= 0.3 is 0 Å². The predicted octanol–water partition coefficient (Wildman–Crippen LogP) is 1.50. The van der Waals surface area contributed by atoms with E-state index < -0.39 is 0 Å². The summed E-state index contributed by atoms with van der Waals surface area (Å²) in [6, 6.07) is 0. The van der Waals surface area contributed by atoms with Crippen LogP contribution in [0.2, 0.25) is 0 Å². The van der Waals surface area contributed by atoms with Gasteiger partial charge in [0.15, 0.2) is 5.88 Å². The molecule has 1 N–H and O–H groups in total. The van der Waals surface area contributed by atoms with Gasteiger partial charge in [-0.25, -0.2) is 0 Å². The minimum Gasteiger partial charge on any atom is -0.495 e. The third-order valence-corrected chi connectivity index (χ3v) is 1.72. The van der Waals surface area contributed by atoms with Gasteiger partial charge in [-0.15, -0.1) is 0 Å². The Kier molecular flexibility index (Phi) is 1.98. The lowest BCUT2D eigenvalue weighted by Crippen LogP contribution is -2.28. The van der Waals surface area contributed by atoms with Crippen molar-refractivity contribution in [2.75, 3.05) is 13.1 Å². The van der Waals surface area contributed by atoms with Gasteiger partial charge in [0.05, 0.1) is 0 Å². The number of aliphatic hydroxyl groups is 1. The summed E-state index contributed by atoms with van der Waals surface area (Å²) in [6.07, 6.45) is 3.68. The molecule has 0 saturated carbocycles. The summed E-state index contributed by atoms with van der Waals surface area (Å²) in [5, 5.41) is 8.91. The van der Waals surface area contributed by atoms with Crippen molar-refractivity contribution in [1.29, 1.82) is 0 Å². The highest BCUT2D eigenvalue weighted by Gasteiger charge is 2.09. The second-order valence-electron chi connectivity index (χ2n) is 2.46. The average Bonchev–Trinajstić information content (AvgIpc) is 1.90. The van der Waals surface area contributed by atoms with E-state index >= 15 is 0 Å². The number of likely N-dealkylation sites (tertiary alicyclic amines) is 1. The first-order chi connectivity index (χ1) is 4.30. The van der Waals surface area contributed by atoms with Crippen molar-refractivity contribution in [2.24, 2.45) is 0 Å². The molecular weight excluding hydrogens is 114 g/mol. The van der Waals surface area contributed by atoms with E-state index in [2.05, 4.69) is 6.58 Å². The maximum Gasteiger partial charge on any atom is 0.179 e. The molecule has 52 valence electrons. The van der Waals surface area contributed by atoms with Crippen LogP contribution in [0.5, 0.6) is 0 Å². The van der Waals surface area contributed by atoms with E-state index in [1.165, 1.54) is 19.3 Å². The minimum atomic E-state index is 0.231. The van der Waals surface area contributed by atoms with Crippen molar-refractivity contribution in [3.8, 4) is 0 Å². The van der Waals surface area contributed by atoms with Crippen LogP contribution in [0, 0.1) is 0 Å². The molecule has 2 nitrogen and oxygen atoms in total. The molecule has 1 fully saturated rings. The molecule has 0 amide bonds. The van der Waals surface area contributed by atoms with E-state index in [1.54, 1.807) is 0 Å². The highest BCUT2D eigenvalue weighted by atomic mass is 16.3. The summed E-state index contributed by atoms with van der Waals surface area (Å²) in [6.45, 7) is 5.42. The Morgan fingerprint density at radius 1 is 1.22 bits per heavy atom. The highest BCUT2D eigenvalue weighted by molar-refractivity contribution is 4.82. The van der Waals surface area contributed by atoms with Crippen molar-refractivity contribution < 1.29 is 5.11 Å². The van der Waals surface area contributed by atoms with E-state index in [9.17, 15) is 0 Å². The Hall–Kier alpha value is -0.660. The third kappa shape index (κ3) is 1.63. The molecule has 1 aliphatic heterocycles. The molecule has 1 heterocycles. The Labute approximate surface area is 55.8 Å². The quantitative estimate of drug-likeness (QED) is 0.539. The van der Waals surface area contributed by atoms with Crippen LogP contribution in [0.4, 0.5) is 0 Å². The summed E-state index contributed by atoms with van der Waals surface area (Å²) in [5.41, 5.74) is 0. The van der Waals surface area contributed by atoms with Gasteiger partial charge in [0.2, 0.25) is 0 Å². The molecular formula is C7H13NO. The van der Waals surface area contributed by atoms with Crippen LogP contribution in [-0.4, -0.2) is 23.1 Å². The molecule has 2 heteroatoms. The Bertz CT molecular complexity index is 105. The molecule has 0 aromatic heterocycles. The molecule has 9 heavy (non-hydrogen) atoms. The summed E-state index contributed by atoms with van der Waals surface area (Å²) in [4.78, 5) is 1.92. The third-order valence-electron chi connectivity index (χ3n) is 1.72. The van der Waals surface area contributed by atoms with Crippen LogP contribution in [0.1, 0.15) is 19.3 Å². The summed E-state index contributed by atoms with van der Waals surface area (Å²) < 4.78 is 0. The lowest BCUT2D eigenvalue weighted by Gasteiger charge is -2.26. The molecule has 0 bridgehead atoms. The van der Waals surface area contributed by atoms with E-state index in [4.69, 9.17) is 5.11 Å². The first-order valence-electron chi connectivity index (χ1n) is 3.43.